The molecule has 1 heterocycles. The number of methoxy groups -OCH3 is 2. The SMILES string of the molecule is CCCCc1ccc(CC2NC=Cc3cc(OC)c(OC)cc32)cc1. The first-order valence-electron chi connectivity index (χ1n) is 9.01. The van der Waals surface area contributed by atoms with Crippen LogP contribution in [0.4, 0.5) is 0 Å². The smallest absolute Gasteiger partial charge is 0.161 e. The quantitative estimate of drug-likeness (QED) is 0.779. The van der Waals surface area contributed by atoms with E-state index in [0.29, 0.717) is 0 Å². The van der Waals surface area contributed by atoms with E-state index in [1.54, 1.807) is 14.2 Å². The van der Waals surface area contributed by atoms with Crippen LogP contribution in [0.2, 0.25) is 0 Å². The Labute approximate surface area is 150 Å². The van der Waals surface area contributed by atoms with Crippen LogP contribution in [0.1, 0.15) is 48.1 Å². The molecule has 3 heteroatoms. The number of fused-ring (bicyclic) bond motifs is 1. The summed E-state index contributed by atoms with van der Waals surface area (Å²) in [6, 6.07) is 13.4. The second-order valence-corrected chi connectivity index (χ2v) is 6.51. The molecule has 1 aliphatic heterocycles. The highest BCUT2D eigenvalue weighted by atomic mass is 16.5. The van der Waals surface area contributed by atoms with Gasteiger partial charge in [-0.2, -0.15) is 0 Å². The molecule has 1 aliphatic rings. The van der Waals surface area contributed by atoms with E-state index in [1.807, 2.05) is 12.3 Å². The molecule has 1 N–H and O–H groups in total. The highest BCUT2D eigenvalue weighted by Crippen LogP contribution is 2.36. The van der Waals surface area contributed by atoms with Crippen LogP contribution in [0.25, 0.3) is 6.08 Å². The van der Waals surface area contributed by atoms with Crippen LogP contribution in [0.3, 0.4) is 0 Å². The molecule has 0 aliphatic carbocycles. The zero-order valence-electron chi connectivity index (χ0n) is 15.3. The Morgan fingerprint density at radius 2 is 1.64 bits per heavy atom. The van der Waals surface area contributed by atoms with Gasteiger partial charge >= 0.3 is 0 Å². The van der Waals surface area contributed by atoms with Gasteiger partial charge in [-0.1, -0.05) is 37.6 Å². The molecule has 0 aromatic heterocycles. The van der Waals surface area contributed by atoms with Gasteiger partial charge in [0.2, 0.25) is 0 Å². The number of aryl methyl sites for hydroxylation is 1. The average Bonchev–Trinajstić information content (AvgIpc) is 2.66. The molecule has 1 atom stereocenters. The number of ether oxygens (including phenoxy) is 2. The second kappa shape index (κ2) is 8.11. The first kappa shape index (κ1) is 17.4. The van der Waals surface area contributed by atoms with Crippen molar-refractivity contribution in [3.63, 3.8) is 0 Å². The second-order valence-electron chi connectivity index (χ2n) is 6.51. The molecule has 2 aromatic carbocycles. The van der Waals surface area contributed by atoms with Crippen molar-refractivity contribution < 1.29 is 9.47 Å². The average molecular weight is 337 g/mol. The van der Waals surface area contributed by atoms with E-state index in [-0.39, 0.29) is 6.04 Å². The first-order valence-corrected chi connectivity index (χ1v) is 9.01. The molecule has 0 spiro atoms. The van der Waals surface area contributed by atoms with Crippen LogP contribution in [0, 0.1) is 0 Å². The van der Waals surface area contributed by atoms with Crippen molar-refractivity contribution in [3.05, 3.63) is 64.9 Å². The van der Waals surface area contributed by atoms with Crippen LogP contribution >= 0.6 is 0 Å². The summed E-state index contributed by atoms with van der Waals surface area (Å²) in [5, 5.41) is 3.48. The topological polar surface area (TPSA) is 30.5 Å². The van der Waals surface area contributed by atoms with Crippen LogP contribution in [0.15, 0.2) is 42.6 Å². The van der Waals surface area contributed by atoms with Crippen molar-refractivity contribution in [2.75, 3.05) is 14.2 Å². The molecule has 0 amide bonds. The Balaban J connectivity index is 1.79. The van der Waals surface area contributed by atoms with Gasteiger partial charge in [0, 0.05) is 0 Å². The molecule has 0 fully saturated rings. The van der Waals surface area contributed by atoms with Crippen LogP contribution in [-0.2, 0) is 12.8 Å². The van der Waals surface area contributed by atoms with Gasteiger partial charge < -0.3 is 14.8 Å². The number of unbranched alkanes of at least 4 members (excludes halogenated alkanes) is 1. The highest BCUT2D eigenvalue weighted by molar-refractivity contribution is 5.63. The molecule has 3 rings (SSSR count). The maximum Gasteiger partial charge on any atom is 0.161 e. The van der Waals surface area contributed by atoms with Crippen molar-refractivity contribution in [2.24, 2.45) is 0 Å². The van der Waals surface area contributed by atoms with Crippen molar-refractivity contribution in [1.82, 2.24) is 5.32 Å². The number of benzene rings is 2. The molecule has 0 saturated carbocycles. The van der Waals surface area contributed by atoms with Crippen molar-refractivity contribution >= 4 is 6.08 Å². The van der Waals surface area contributed by atoms with E-state index in [2.05, 4.69) is 48.6 Å². The summed E-state index contributed by atoms with van der Waals surface area (Å²) >= 11 is 0. The summed E-state index contributed by atoms with van der Waals surface area (Å²) in [6.45, 7) is 2.23. The van der Waals surface area contributed by atoms with Crippen molar-refractivity contribution in [3.8, 4) is 11.5 Å². The summed E-state index contributed by atoms with van der Waals surface area (Å²) in [5.74, 6) is 1.55. The van der Waals surface area contributed by atoms with E-state index in [0.717, 1.165) is 17.9 Å². The molecule has 1 unspecified atom stereocenters. The predicted molar refractivity (Wildman–Crippen MR) is 103 cm³/mol. The lowest BCUT2D eigenvalue weighted by molar-refractivity contribution is 0.353. The van der Waals surface area contributed by atoms with Gasteiger partial charge in [-0.25, -0.2) is 0 Å². The third kappa shape index (κ3) is 3.98. The van der Waals surface area contributed by atoms with Gasteiger partial charge in [-0.15, -0.1) is 0 Å². The summed E-state index contributed by atoms with van der Waals surface area (Å²) in [7, 11) is 3.35. The van der Waals surface area contributed by atoms with Crippen LogP contribution < -0.4 is 14.8 Å². The summed E-state index contributed by atoms with van der Waals surface area (Å²) < 4.78 is 10.9. The van der Waals surface area contributed by atoms with Gasteiger partial charge in [-0.3, -0.25) is 0 Å². The zero-order valence-corrected chi connectivity index (χ0v) is 15.3. The Bertz CT molecular complexity index is 734. The van der Waals surface area contributed by atoms with Gasteiger partial charge in [-0.05, 0) is 65.9 Å². The fourth-order valence-corrected chi connectivity index (χ4v) is 3.33. The molecule has 0 saturated heterocycles. The maximum atomic E-state index is 5.48. The van der Waals surface area contributed by atoms with Crippen molar-refractivity contribution in [1.29, 1.82) is 0 Å². The molecule has 0 bridgehead atoms. The van der Waals surface area contributed by atoms with Gasteiger partial charge in [0.05, 0.1) is 20.3 Å². The van der Waals surface area contributed by atoms with Gasteiger partial charge in [0.1, 0.15) is 0 Å². The van der Waals surface area contributed by atoms with E-state index in [1.165, 1.54) is 41.5 Å². The fraction of sp³-hybridized carbons (Fsp3) is 0.364. The van der Waals surface area contributed by atoms with Crippen molar-refractivity contribution in [2.45, 2.75) is 38.6 Å². The highest BCUT2D eigenvalue weighted by Gasteiger charge is 2.20. The fourth-order valence-electron chi connectivity index (χ4n) is 3.33. The Kier molecular flexibility index (Phi) is 5.64. The Morgan fingerprint density at radius 1 is 0.960 bits per heavy atom. The summed E-state index contributed by atoms with van der Waals surface area (Å²) in [6.07, 6.45) is 8.71. The normalized spacial score (nSPS) is 15.4. The molecule has 3 nitrogen and oxygen atoms in total. The predicted octanol–water partition coefficient (Wildman–Crippen LogP) is 4.90. The number of hydrogen-bond acceptors (Lipinski definition) is 3. The minimum atomic E-state index is 0.237. The van der Waals surface area contributed by atoms with E-state index < -0.39 is 0 Å². The zero-order chi connectivity index (χ0) is 17.6. The third-order valence-corrected chi connectivity index (χ3v) is 4.81. The van der Waals surface area contributed by atoms with E-state index >= 15 is 0 Å². The first-order chi connectivity index (χ1) is 12.2. The standard InChI is InChI=1S/C22H27NO2/c1-4-5-6-16-7-9-17(10-8-16)13-20-19-15-22(25-3)21(24-2)14-18(19)11-12-23-20/h7-12,14-15,20,23H,4-6,13H2,1-3H3. The molecule has 0 radical (unpaired) electrons. The molecule has 132 valence electrons. The Morgan fingerprint density at radius 3 is 2.32 bits per heavy atom. The largest absolute Gasteiger partial charge is 0.493 e. The molecular formula is C22H27NO2. The van der Waals surface area contributed by atoms with Crippen LogP contribution in [0.5, 0.6) is 11.5 Å². The minimum Gasteiger partial charge on any atom is -0.493 e. The maximum absolute atomic E-state index is 5.48. The molecule has 2 aromatic rings. The Hall–Kier alpha value is -2.42. The van der Waals surface area contributed by atoms with E-state index in [9.17, 15) is 0 Å². The summed E-state index contributed by atoms with van der Waals surface area (Å²) in [5.41, 5.74) is 5.19. The monoisotopic (exact) mass is 337 g/mol. The lowest BCUT2D eigenvalue weighted by atomic mass is 9.92. The molecular weight excluding hydrogens is 310 g/mol. The number of hydrogen-bond donors (Lipinski definition) is 1. The number of nitrogens with one attached hydrogen (secondary N) is 1. The lowest BCUT2D eigenvalue weighted by Crippen LogP contribution is -2.22. The van der Waals surface area contributed by atoms with Crippen LogP contribution in [-0.4, -0.2) is 14.2 Å². The third-order valence-electron chi connectivity index (χ3n) is 4.81. The summed E-state index contributed by atoms with van der Waals surface area (Å²) in [4.78, 5) is 0. The van der Waals surface area contributed by atoms with E-state index in [4.69, 9.17) is 9.47 Å². The van der Waals surface area contributed by atoms with Gasteiger partial charge in [0.25, 0.3) is 0 Å². The number of rotatable bonds is 7. The molecule has 25 heavy (non-hydrogen) atoms. The lowest BCUT2D eigenvalue weighted by Gasteiger charge is -2.25. The minimum absolute atomic E-state index is 0.237. The van der Waals surface area contributed by atoms with Gasteiger partial charge in [0.15, 0.2) is 11.5 Å².